The number of nitrogens with one attached hydrogen (secondary N) is 1. The zero-order valence-electron chi connectivity index (χ0n) is 11.9. The number of carbonyl (C=O) groups is 1. The second kappa shape index (κ2) is 6.85. The lowest BCUT2D eigenvalue weighted by atomic mass is 10.3. The number of hydrogen-bond donors (Lipinski definition) is 1. The van der Waals surface area contributed by atoms with Crippen molar-refractivity contribution in [1.82, 2.24) is 4.98 Å². The van der Waals surface area contributed by atoms with Crippen LogP contribution in [-0.4, -0.2) is 29.5 Å². The number of rotatable bonds is 6. The molecule has 0 fully saturated rings. The number of hydrogen-bond acceptors (Lipinski definition) is 7. The highest BCUT2D eigenvalue weighted by Crippen LogP contribution is 2.31. The van der Waals surface area contributed by atoms with Crippen LogP contribution in [0.25, 0.3) is 0 Å². The number of ether oxygens (including phenoxy) is 2. The first-order valence-corrected chi connectivity index (χ1v) is 7.05. The van der Waals surface area contributed by atoms with Crippen molar-refractivity contribution in [2.75, 3.05) is 19.0 Å². The van der Waals surface area contributed by atoms with Gasteiger partial charge in [0.05, 0.1) is 23.8 Å². The lowest BCUT2D eigenvalue weighted by Gasteiger charge is -2.09. The predicted molar refractivity (Wildman–Crippen MR) is 80.6 cm³/mol. The van der Waals surface area contributed by atoms with Crippen LogP contribution in [0, 0.1) is 17.0 Å². The quantitative estimate of drug-likeness (QED) is 0.646. The van der Waals surface area contributed by atoms with Crippen molar-refractivity contribution in [2.24, 2.45) is 0 Å². The van der Waals surface area contributed by atoms with Crippen LogP contribution in [-0.2, 0) is 4.79 Å². The molecular weight excluding hydrogens is 310 g/mol. The monoisotopic (exact) mass is 323 g/mol. The first-order chi connectivity index (χ1) is 10.5. The van der Waals surface area contributed by atoms with Crippen molar-refractivity contribution in [3.05, 3.63) is 39.4 Å². The Hall–Kier alpha value is -2.68. The fraction of sp³-hybridized carbons (Fsp3) is 0.231. The highest BCUT2D eigenvalue weighted by atomic mass is 32.1. The Morgan fingerprint density at radius 2 is 2.23 bits per heavy atom. The second-order valence-corrected chi connectivity index (χ2v) is 5.08. The minimum atomic E-state index is -0.538. The number of aryl methyl sites for hydroxylation is 1. The van der Waals surface area contributed by atoms with Crippen molar-refractivity contribution in [3.63, 3.8) is 0 Å². The van der Waals surface area contributed by atoms with Crippen LogP contribution < -0.4 is 14.8 Å². The molecule has 0 saturated carbocycles. The molecule has 0 aliphatic carbocycles. The molecule has 0 saturated heterocycles. The first kappa shape index (κ1) is 15.7. The normalized spacial score (nSPS) is 10.1. The molecule has 22 heavy (non-hydrogen) atoms. The molecule has 1 aromatic carbocycles. The molecule has 1 N–H and O–H groups in total. The van der Waals surface area contributed by atoms with E-state index in [0.29, 0.717) is 5.13 Å². The Morgan fingerprint density at radius 1 is 1.45 bits per heavy atom. The van der Waals surface area contributed by atoms with Gasteiger partial charge in [-0.3, -0.25) is 20.2 Å². The Balaban J connectivity index is 1.98. The molecule has 9 heteroatoms. The third kappa shape index (κ3) is 3.92. The van der Waals surface area contributed by atoms with Crippen LogP contribution >= 0.6 is 11.3 Å². The first-order valence-electron chi connectivity index (χ1n) is 6.17. The van der Waals surface area contributed by atoms with Crippen LogP contribution in [0.15, 0.2) is 23.6 Å². The van der Waals surface area contributed by atoms with E-state index in [1.54, 1.807) is 0 Å². The van der Waals surface area contributed by atoms with E-state index in [-0.39, 0.29) is 29.7 Å². The summed E-state index contributed by atoms with van der Waals surface area (Å²) in [5, 5.41) is 15.6. The van der Waals surface area contributed by atoms with Gasteiger partial charge in [0.15, 0.2) is 23.2 Å². The average Bonchev–Trinajstić information content (AvgIpc) is 2.89. The zero-order chi connectivity index (χ0) is 16.1. The summed E-state index contributed by atoms with van der Waals surface area (Å²) in [5.74, 6) is 0.0559. The Bertz CT molecular complexity index is 701. The summed E-state index contributed by atoms with van der Waals surface area (Å²) in [6, 6.07) is 3.90. The van der Waals surface area contributed by atoms with Crippen molar-refractivity contribution in [1.29, 1.82) is 0 Å². The van der Waals surface area contributed by atoms with Gasteiger partial charge < -0.3 is 9.47 Å². The van der Waals surface area contributed by atoms with Gasteiger partial charge in [-0.05, 0) is 13.0 Å². The smallest absolute Gasteiger partial charge is 0.273 e. The lowest BCUT2D eigenvalue weighted by molar-refractivity contribution is -0.384. The van der Waals surface area contributed by atoms with Gasteiger partial charge >= 0.3 is 0 Å². The molecule has 8 nitrogen and oxygen atoms in total. The van der Waals surface area contributed by atoms with E-state index in [1.165, 1.54) is 36.6 Å². The summed E-state index contributed by atoms with van der Waals surface area (Å²) >= 11 is 1.31. The number of nitrogens with zero attached hydrogens (tertiary/aromatic N) is 2. The topological polar surface area (TPSA) is 104 Å². The minimum absolute atomic E-state index is 0.119. The zero-order valence-corrected chi connectivity index (χ0v) is 12.7. The molecule has 0 aliphatic rings. The van der Waals surface area contributed by atoms with Gasteiger partial charge in [0.2, 0.25) is 0 Å². The number of carbonyl (C=O) groups excluding carboxylic acids is 1. The summed E-state index contributed by atoms with van der Waals surface area (Å²) < 4.78 is 10.3. The fourth-order valence-electron chi connectivity index (χ4n) is 1.60. The van der Waals surface area contributed by atoms with Gasteiger partial charge in [-0.2, -0.15) is 0 Å². The van der Waals surface area contributed by atoms with Gasteiger partial charge in [-0.1, -0.05) is 0 Å². The number of methoxy groups -OCH3 is 1. The van der Waals surface area contributed by atoms with Crippen LogP contribution in [0.2, 0.25) is 0 Å². The summed E-state index contributed by atoms with van der Waals surface area (Å²) in [5.41, 5.74) is 0.699. The molecule has 2 aromatic rings. The summed E-state index contributed by atoms with van der Waals surface area (Å²) in [6.07, 6.45) is 0. The number of non-ortho nitro benzene ring substituents is 1. The lowest BCUT2D eigenvalue weighted by Crippen LogP contribution is -2.20. The molecule has 0 spiro atoms. The van der Waals surface area contributed by atoms with Crippen LogP contribution in [0.3, 0.4) is 0 Å². The summed E-state index contributed by atoms with van der Waals surface area (Å²) in [4.78, 5) is 26.0. The van der Waals surface area contributed by atoms with E-state index in [1.807, 2.05) is 12.3 Å². The van der Waals surface area contributed by atoms with Gasteiger partial charge in [0.1, 0.15) is 0 Å². The molecular formula is C13H13N3O5S. The number of nitro benzene ring substituents is 1. The maximum absolute atomic E-state index is 11.8. The number of thiazole rings is 1. The number of nitro groups is 1. The minimum Gasteiger partial charge on any atom is -0.493 e. The average molecular weight is 323 g/mol. The molecule has 0 aliphatic heterocycles. The molecule has 1 amide bonds. The van der Waals surface area contributed by atoms with E-state index in [4.69, 9.17) is 9.47 Å². The van der Waals surface area contributed by atoms with E-state index in [9.17, 15) is 14.9 Å². The highest BCUT2D eigenvalue weighted by molar-refractivity contribution is 7.13. The Labute approximate surface area is 129 Å². The SMILES string of the molecule is COc1cc([N+](=O)[O-])ccc1OCC(=O)Nc1nc(C)cs1. The van der Waals surface area contributed by atoms with Crippen molar-refractivity contribution in [3.8, 4) is 11.5 Å². The molecule has 116 valence electrons. The van der Waals surface area contributed by atoms with Crippen molar-refractivity contribution >= 4 is 28.1 Å². The second-order valence-electron chi connectivity index (χ2n) is 4.22. The van der Waals surface area contributed by atoms with E-state index < -0.39 is 4.92 Å². The summed E-state index contributed by atoms with van der Waals surface area (Å²) in [6.45, 7) is 1.57. The fourth-order valence-corrected chi connectivity index (χ4v) is 2.30. The standard InChI is InChI=1S/C13H13N3O5S/c1-8-7-22-13(14-8)15-12(17)6-21-10-4-3-9(16(18)19)5-11(10)20-2/h3-5,7H,6H2,1-2H3,(H,14,15,17). The van der Waals surface area contributed by atoms with Crippen LogP contribution in [0.1, 0.15) is 5.69 Å². The molecule has 1 heterocycles. The van der Waals surface area contributed by atoms with E-state index >= 15 is 0 Å². The van der Waals surface area contributed by atoms with Gasteiger partial charge in [-0.15, -0.1) is 11.3 Å². The summed E-state index contributed by atoms with van der Waals surface area (Å²) in [7, 11) is 1.37. The van der Waals surface area contributed by atoms with E-state index in [2.05, 4.69) is 10.3 Å². The number of aromatic nitrogens is 1. The Kier molecular flexibility index (Phi) is 4.89. The third-order valence-corrected chi connectivity index (χ3v) is 3.46. The van der Waals surface area contributed by atoms with Crippen LogP contribution in [0.4, 0.5) is 10.8 Å². The molecule has 1 aromatic heterocycles. The van der Waals surface area contributed by atoms with E-state index in [0.717, 1.165) is 5.69 Å². The highest BCUT2D eigenvalue weighted by Gasteiger charge is 2.14. The van der Waals surface area contributed by atoms with Gasteiger partial charge in [0, 0.05) is 11.4 Å². The molecule has 0 bridgehead atoms. The van der Waals surface area contributed by atoms with Crippen LogP contribution in [0.5, 0.6) is 11.5 Å². The van der Waals surface area contributed by atoms with Crippen molar-refractivity contribution in [2.45, 2.75) is 6.92 Å². The Morgan fingerprint density at radius 3 is 2.82 bits per heavy atom. The number of benzene rings is 1. The van der Waals surface area contributed by atoms with Gasteiger partial charge in [0.25, 0.3) is 11.6 Å². The number of amides is 1. The number of anilines is 1. The molecule has 0 atom stereocenters. The third-order valence-electron chi connectivity index (χ3n) is 2.58. The maximum Gasteiger partial charge on any atom is 0.273 e. The molecule has 0 radical (unpaired) electrons. The van der Waals surface area contributed by atoms with Gasteiger partial charge in [-0.25, -0.2) is 4.98 Å². The predicted octanol–water partition coefficient (Wildman–Crippen LogP) is 2.39. The largest absolute Gasteiger partial charge is 0.493 e. The molecule has 0 unspecified atom stereocenters. The maximum atomic E-state index is 11.8. The molecule has 2 rings (SSSR count). The van der Waals surface area contributed by atoms with Crippen molar-refractivity contribution < 1.29 is 19.2 Å².